The van der Waals surface area contributed by atoms with Gasteiger partial charge in [0, 0.05) is 26.8 Å². The smallest absolute Gasteiger partial charge is 1.00 e. The number of nitrogens with zero attached hydrogens (tertiary/aromatic N) is 1. The maximum Gasteiger partial charge on any atom is 1.00 e. The number of rotatable bonds is 6. The SMILES string of the molecule is COCCC1CCN(COB([O-])[O-])CC1.[F-].[F-].[F-].[K+].[K+].[K+].[K+].[K+]. The average Bonchev–Trinajstić information content (AvgIpc) is 2.25. The quantitative estimate of drug-likeness (QED) is 0.363. The molecule has 14 heteroatoms. The Morgan fingerprint density at radius 3 is 1.74 bits per heavy atom. The van der Waals surface area contributed by atoms with E-state index in [0.717, 1.165) is 39.0 Å². The first-order valence-electron chi connectivity index (χ1n) is 5.37. The fourth-order valence-corrected chi connectivity index (χ4v) is 1.85. The monoisotopic (exact) mass is 467 g/mol. The molecule has 0 atom stereocenters. The molecule has 23 heavy (non-hydrogen) atoms. The van der Waals surface area contributed by atoms with Gasteiger partial charge in [-0.1, -0.05) is 0 Å². The Hall–Kier alpha value is 7.84. The third-order valence-electron chi connectivity index (χ3n) is 2.83. The van der Waals surface area contributed by atoms with E-state index in [9.17, 15) is 10.0 Å². The third kappa shape index (κ3) is 32.1. The molecule has 112 valence electrons. The molecule has 1 aliphatic heterocycles. The van der Waals surface area contributed by atoms with Crippen LogP contribution in [-0.2, 0) is 9.39 Å². The topological polar surface area (TPSA) is 67.8 Å². The first kappa shape index (κ1) is 52.6. The van der Waals surface area contributed by atoms with Gasteiger partial charge in [-0.3, -0.25) is 4.90 Å². The molecule has 0 aliphatic carbocycles. The fourth-order valence-electron chi connectivity index (χ4n) is 1.85. The fraction of sp³-hybridized carbons (Fsp3) is 1.00. The van der Waals surface area contributed by atoms with Crippen LogP contribution in [0.1, 0.15) is 19.3 Å². The number of ether oxygens (including phenoxy) is 1. The molecule has 0 saturated carbocycles. The minimum Gasteiger partial charge on any atom is -1.00 e. The Labute approximate surface area is 350 Å². The van der Waals surface area contributed by atoms with Crippen LogP contribution in [0.3, 0.4) is 0 Å². The van der Waals surface area contributed by atoms with Gasteiger partial charge in [-0.2, -0.15) is 0 Å². The largest absolute Gasteiger partial charge is 1.00 e. The van der Waals surface area contributed by atoms with Crippen LogP contribution < -0.4 is 281 Å². The van der Waals surface area contributed by atoms with Crippen LogP contribution >= 0.6 is 0 Å². The van der Waals surface area contributed by atoms with E-state index in [1.165, 1.54) is 0 Å². The van der Waals surface area contributed by atoms with Gasteiger partial charge in [0.1, 0.15) is 0 Å². The molecule has 0 amide bonds. The van der Waals surface area contributed by atoms with Crippen molar-refractivity contribution < 1.29 is 290 Å². The van der Waals surface area contributed by atoms with Crippen molar-refractivity contribution >= 4 is 7.32 Å². The summed E-state index contributed by atoms with van der Waals surface area (Å²) >= 11 is 0. The van der Waals surface area contributed by atoms with Crippen molar-refractivity contribution in [2.24, 2.45) is 5.92 Å². The molecule has 0 N–H and O–H groups in total. The van der Waals surface area contributed by atoms with Crippen molar-refractivity contribution in [2.45, 2.75) is 19.3 Å². The van der Waals surface area contributed by atoms with E-state index in [-0.39, 0.29) is 278 Å². The molecule has 0 unspecified atom stereocenters. The zero-order valence-corrected chi connectivity index (χ0v) is 30.9. The summed E-state index contributed by atoms with van der Waals surface area (Å²) in [6.45, 7) is 2.79. The summed E-state index contributed by atoms with van der Waals surface area (Å²) in [6.07, 6.45) is 3.28. The molecule has 1 saturated heterocycles. The molecule has 5 nitrogen and oxygen atoms in total. The summed E-state index contributed by atoms with van der Waals surface area (Å²) < 4.78 is 9.52. The van der Waals surface area contributed by atoms with Crippen molar-refractivity contribution in [2.75, 3.05) is 33.5 Å². The first-order valence-corrected chi connectivity index (χ1v) is 5.37. The van der Waals surface area contributed by atoms with Crippen molar-refractivity contribution in [3.8, 4) is 0 Å². The number of likely N-dealkylation sites (tertiary alicyclic amines) is 1. The molecular weight excluding hydrogens is 449 g/mol. The Bertz CT molecular complexity index is 191. The van der Waals surface area contributed by atoms with Crippen molar-refractivity contribution in [1.82, 2.24) is 4.90 Å². The average molecular weight is 468 g/mol. The van der Waals surface area contributed by atoms with E-state index in [2.05, 4.69) is 4.65 Å². The summed E-state index contributed by atoms with van der Waals surface area (Å²) in [6, 6.07) is 0. The van der Waals surface area contributed by atoms with Gasteiger partial charge in [0.25, 0.3) is 0 Å². The van der Waals surface area contributed by atoms with Crippen molar-refractivity contribution in [1.29, 1.82) is 0 Å². The molecule has 1 rings (SSSR count). The van der Waals surface area contributed by atoms with Gasteiger partial charge in [-0.05, 0) is 25.2 Å². The standard InChI is InChI=1S/C9H18BNO4.3FH.5K/c1-14-7-4-9-2-5-11(6-3-9)8-15-10(12)13;;;;;;;;/h9H,2-8H2,1H3;3*1H;;;;;/q-2;;;;5*+1/p-3. The summed E-state index contributed by atoms with van der Waals surface area (Å²) in [7, 11) is -0.442. The number of hydrogen-bond acceptors (Lipinski definition) is 5. The molecule has 0 aromatic carbocycles. The Morgan fingerprint density at radius 2 is 1.39 bits per heavy atom. The van der Waals surface area contributed by atoms with Gasteiger partial charge in [0.15, 0.2) is 0 Å². The van der Waals surface area contributed by atoms with Crippen LogP contribution in [-0.4, -0.2) is 45.8 Å². The normalized spacial score (nSPS) is 12.7. The first-order chi connectivity index (χ1) is 7.22. The van der Waals surface area contributed by atoms with Gasteiger partial charge in [-0.25, -0.2) is 0 Å². The summed E-state index contributed by atoms with van der Waals surface area (Å²) in [5, 5.41) is 20.3. The molecule has 1 aliphatic rings. The number of piperidine rings is 1. The zero-order valence-electron chi connectivity index (χ0n) is 15.3. The summed E-state index contributed by atoms with van der Waals surface area (Å²) in [5.74, 6) is 0.705. The minimum atomic E-state index is -2.16. The van der Waals surface area contributed by atoms with Gasteiger partial charge >= 0.3 is 257 Å². The number of halogens is 3. The molecule has 1 heterocycles. The third-order valence-corrected chi connectivity index (χ3v) is 2.83. The van der Waals surface area contributed by atoms with E-state index in [1.807, 2.05) is 4.90 Å². The molecule has 0 radical (unpaired) electrons. The maximum atomic E-state index is 10.2. The van der Waals surface area contributed by atoms with E-state index < -0.39 is 7.32 Å². The van der Waals surface area contributed by atoms with Gasteiger partial charge in [0.05, 0.1) is 14.1 Å². The molecule has 0 spiro atoms. The Morgan fingerprint density at radius 1 is 0.957 bits per heavy atom. The van der Waals surface area contributed by atoms with E-state index in [0.29, 0.717) is 5.92 Å². The molecule has 1 fully saturated rings. The van der Waals surface area contributed by atoms with Gasteiger partial charge < -0.3 is 33.6 Å². The van der Waals surface area contributed by atoms with E-state index in [4.69, 9.17) is 4.74 Å². The minimum absolute atomic E-state index is 0. The maximum absolute atomic E-state index is 10.2. The predicted octanol–water partition coefficient (Wildman–Crippen LogP) is -25.6. The van der Waals surface area contributed by atoms with Crippen molar-refractivity contribution in [3.05, 3.63) is 0 Å². The molecular formula is C9H18BF3K5NO4. The van der Waals surface area contributed by atoms with Gasteiger partial charge in [0.2, 0.25) is 0 Å². The molecule has 0 aromatic heterocycles. The van der Waals surface area contributed by atoms with Crippen LogP contribution in [0.4, 0.5) is 0 Å². The summed E-state index contributed by atoms with van der Waals surface area (Å²) in [5.41, 5.74) is 0. The van der Waals surface area contributed by atoms with Crippen LogP contribution in [0, 0.1) is 5.92 Å². The van der Waals surface area contributed by atoms with E-state index in [1.54, 1.807) is 7.11 Å². The van der Waals surface area contributed by atoms with Crippen LogP contribution in [0.2, 0.25) is 0 Å². The van der Waals surface area contributed by atoms with Gasteiger partial charge in [-0.15, -0.1) is 0 Å². The second-order valence-corrected chi connectivity index (χ2v) is 3.93. The Balaban J connectivity index is -0.0000000469. The van der Waals surface area contributed by atoms with Crippen LogP contribution in [0.15, 0.2) is 0 Å². The predicted molar refractivity (Wildman–Crippen MR) is 52.5 cm³/mol. The molecule has 0 aromatic rings. The number of methoxy groups -OCH3 is 1. The summed E-state index contributed by atoms with van der Waals surface area (Å²) in [4.78, 5) is 2.01. The Kier molecular flexibility index (Phi) is 85.1. The molecule has 0 bridgehead atoms. The van der Waals surface area contributed by atoms with E-state index >= 15 is 0 Å². The van der Waals surface area contributed by atoms with Crippen LogP contribution in [0.5, 0.6) is 0 Å². The van der Waals surface area contributed by atoms with Crippen molar-refractivity contribution in [3.63, 3.8) is 0 Å². The number of hydrogen-bond donors (Lipinski definition) is 0. The second kappa shape index (κ2) is 37.2. The second-order valence-electron chi connectivity index (χ2n) is 3.93. The zero-order chi connectivity index (χ0) is 11.1. The van der Waals surface area contributed by atoms with Crippen LogP contribution in [0.25, 0.3) is 0 Å².